The van der Waals surface area contributed by atoms with Crippen molar-refractivity contribution >= 4 is 0 Å². The monoisotopic (exact) mass is 190 g/mol. The van der Waals surface area contributed by atoms with Gasteiger partial charge in [0.25, 0.3) is 0 Å². The Morgan fingerprint density at radius 2 is 2.15 bits per heavy atom. The molecule has 0 spiro atoms. The van der Waals surface area contributed by atoms with Gasteiger partial charge >= 0.3 is 6.18 Å². The predicted octanol–water partition coefficient (Wildman–Crippen LogP) is 2.32. The number of nitrogens with zero attached hydrogens (tertiary/aromatic N) is 2. The van der Waals surface area contributed by atoms with E-state index in [9.17, 15) is 13.2 Å². The van der Waals surface area contributed by atoms with E-state index in [1.54, 1.807) is 0 Å². The van der Waals surface area contributed by atoms with Crippen molar-refractivity contribution in [1.29, 1.82) is 0 Å². The van der Waals surface area contributed by atoms with Crippen LogP contribution in [0.4, 0.5) is 13.2 Å². The zero-order valence-corrected chi connectivity index (χ0v) is 6.88. The van der Waals surface area contributed by atoms with Gasteiger partial charge in [-0.05, 0) is 12.8 Å². The fourth-order valence-electron chi connectivity index (χ4n) is 1.35. The minimum absolute atomic E-state index is 0.261. The summed E-state index contributed by atoms with van der Waals surface area (Å²) in [4.78, 5) is 3.93. The third-order valence-electron chi connectivity index (χ3n) is 2.04. The summed E-state index contributed by atoms with van der Waals surface area (Å²) in [6.07, 6.45) is 0.606. The van der Waals surface area contributed by atoms with Crippen molar-refractivity contribution in [2.75, 3.05) is 0 Å². The Kier molecular flexibility index (Phi) is 1.82. The minimum Gasteiger partial charge on any atom is -0.326 e. The Morgan fingerprint density at radius 3 is 2.69 bits per heavy atom. The molecule has 0 bridgehead atoms. The van der Waals surface area contributed by atoms with E-state index in [2.05, 4.69) is 4.98 Å². The Morgan fingerprint density at radius 1 is 1.46 bits per heavy atom. The highest BCUT2D eigenvalue weighted by molar-refractivity contribution is 5.07. The normalized spacial score (nSPS) is 17.8. The molecule has 1 aromatic heterocycles. The molecule has 0 aromatic carbocycles. The highest BCUT2D eigenvalue weighted by atomic mass is 19.4. The second-order valence-corrected chi connectivity index (χ2v) is 3.30. The maximum atomic E-state index is 12.0. The SMILES string of the molecule is FC(F)(F)Cn1ccnc1C1CC1. The van der Waals surface area contributed by atoms with E-state index < -0.39 is 12.7 Å². The largest absolute Gasteiger partial charge is 0.406 e. The fourth-order valence-corrected chi connectivity index (χ4v) is 1.35. The lowest BCUT2D eigenvalue weighted by atomic mass is 10.4. The van der Waals surface area contributed by atoms with Gasteiger partial charge in [-0.2, -0.15) is 13.2 Å². The van der Waals surface area contributed by atoms with Gasteiger partial charge in [-0.3, -0.25) is 0 Å². The van der Waals surface area contributed by atoms with Crippen molar-refractivity contribution in [3.05, 3.63) is 18.2 Å². The van der Waals surface area contributed by atoms with Gasteiger partial charge in [0.05, 0.1) is 0 Å². The summed E-state index contributed by atoms with van der Waals surface area (Å²) in [5, 5.41) is 0. The van der Waals surface area contributed by atoms with Gasteiger partial charge in [0.15, 0.2) is 0 Å². The van der Waals surface area contributed by atoms with Gasteiger partial charge < -0.3 is 4.57 Å². The van der Waals surface area contributed by atoms with Gasteiger partial charge in [0.1, 0.15) is 12.4 Å². The summed E-state index contributed by atoms with van der Waals surface area (Å²) in [7, 11) is 0. The molecular formula is C8H9F3N2. The van der Waals surface area contributed by atoms with Crippen molar-refractivity contribution in [3.63, 3.8) is 0 Å². The quantitative estimate of drug-likeness (QED) is 0.699. The Hall–Kier alpha value is -1.00. The first-order valence-electron chi connectivity index (χ1n) is 4.14. The molecule has 1 saturated carbocycles. The summed E-state index contributed by atoms with van der Waals surface area (Å²) in [6.45, 7) is -0.918. The maximum absolute atomic E-state index is 12.0. The average Bonchev–Trinajstić information content (AvgIpc) is 2.72. The Bertz CT molecular complexity index is 299. The molecule has 0 aliphatic heterocycles. The predicted molar refractivity (Wildman–Crippen MR) is 40.3 cm³/mol. The van der Waals surface area contributed by atoms with Gasteiger partial charge in [0, 0.05) is 18.3 Å². The molecule has 2 nitrogen and oxygen atoms in total. The van der Waals surface area contributed by atoms with Gasteiger partial charge in [-0.15, -0.1) is 0 Å². The van der Waals surface area contributed by atoms with E-state index >= 15 is 0 Å². The lowest BCUT2D eigenvalue weighted by Crippen LogP contribution is -2.18. The molecule has 0 saturated heterocycles. The number of halogens is 3. The zero-order valence-electron chi connectivity index (χ0n) is 6.88. The van der Waals surface area contributed by atoms with Crippen LogP contribution in [0.25, 0.3) is 0 Å². The van der Waals surface area contributed by atoms with Crippen molar-refractivity contribution < 1.29 is 13.2 Å². The van der Waals surface area contributed by atoms with E-state index in [1.165, 1.54) is 17.0 Å². The second-order valence-electron chi connectivity index (χ2n) is 3.30. The number of hydrogen-bond donors (Lipinski definition) is 0. The van der Waals surface area contributed by atoms with Crippen LogP contribution in [-0.2, 0) is 6.54 Å². The van der Waals surface area contributed by atoms with E-state index in [-0.39, 0.29) is 5.92 Å². The van der Waals surface area contributed by atoms with E-state index in [0.29, 0.717) is 5.82 Å². The third-order valence-corrected chi connectivity index (χ3v) is 2.04. The number of alkyl halides is 3. The first-order chi connectivity index (χ1) is 6.06. The topological polar surface area (TPSA) is 17.8 Å². The van der Waals surface area contributed by atoms with Crippen LogP contribution in [0.15, 0.2) is 12.4 Å². The number of imidazole rings is 1. The summed E-state index contributed by atoms with van der Waals surface area (Å²) < 4.78 is 37.3. The molecule has 0 unspecified atom stereocenters. The van der Waals surface area contributed by atoms with Crippen LogP contribution in [-0.4, -0.2) is 15.7 Å². The highest BCUT2D eigenvalue weighted by Crippen LogP contribution is 2.39. The molecule has 1 aliphatic rings. The molecule has 0 radical (unpaired) electrons. The standard InChI is InChI=1S/C8H9F3N2/c9-8(10,11)5-13-4-3-12-7(13)6-1-2-6/h3-4,6H,1-2,5H2. The molecule has 72 valence electrons. The summed E-state index contributed by atoms with van der Waals surface area (Å²) in [5.74, 6) is 0.842. The lowest BCUT2D eigenvalue weighted by molar-refractivity contribution is -0.141. The van der Waals surface area contributed by atoms with Gasteiger partial charge in [-0.1, -0.05) is 0 Å². The zero-order chi connectivity index (χ0) is 9.47. The lowest BCUT2D eigenvalue weighted by Gasteiger charge is -2.09. The molecule has 1 aliphatic carbocycles. The van der Waals surface area contributed by atoms with E-state index in [0.717, 1.165) is 12.8 Å². The smallest absolute Gasteiger partial charge is 0.326 e. The van der Waals surface area contributed by atoms with E-state index in [4.69, 9.17) is 0 Å². The number of aromatic nitrogens is 2. The Balaban J connectivity index is 2.15. The number of rotatable bonds is 2. The van der Waals surface area contributed by atoms with Crippen molar-refractivity contribution in [2.24, 2.45) is 0 Å². The van der Waals surface area contributed by atoms with Crippen molar-refractivity contribution in [3.8, 4) is 0 Å². The average molecular weight is 190 g/mol. The molecule has 1 fully saturated rings. The summed E-state index contributed by atoms with van der Waals surface area (Å²) in [6, 6.07) is 0. The molecule has 5 heteroatoms. The van der Waals surface area contributed by atoms with Crippen LogP contribution in [0.1, 0.15) is 24.6 Å². The first kappa shape index (κ1) is 8.59. The second kappa shape index (κ2) is 2.75. The minimum atomic E-state index is -4.15. The molecule has 0 atom stereocenters. The first-order valence-corrected chi connectivity index (χ1v) is 4.14. The molecule has 1 aromatic rings. The van der Waals surface area contributed by atoms with E-state index in [1.807, 2.05) is 0 Å². The van der Waals surface area contributed by atoms with Crippen molar-refractivity contribution in [1.82, 2.24) is 9.55 Å². The van der Waals surface area contributed by atoms with Crippen LogP contribution in [0.2, 0.25) is 0 Å². The van der Waals surface area contributed by atoms with Crippen LogP contribution >= 0.6 is 0 Å². The molecular weight excluding hydrogens is 181 g/mol. The van der Waals surface area contributed by atoms with Gasteiger partial charge in [0.2, 0.25) is 0 Å². The van der Waals surface area contributed by atoms with Crippen molar-refractivity contribution in [2.45, 2.75) is 31.5 Å². The molecule has 0 amide bonds. The van der Waals surface area contributed by atoms with Crippen LogP contribution in [0.5, 0.6) is 0 Å². The molecule has 2 rings (SSSR count). The van der Waals surface area contributed by atoms with Gasteiger partial charge in [-0.25, -0.2) is 4.98 Å². The maximum Gasteiger partial charge on any atom is 0.406 e. The van der Waals surface area contributed by atoms with Crippen LogP contribution in [0, 0.1) is 0 Å². The van der Waals surface area contributed by atoms with Crippen LogP contribution in [0.3, 0.4) is 0 Å². The fraction of sp³-hybridized carbons (Fsp3) is 0.625. The number of hydrogen-bond acceptors (Lipinski definition) is 1. The summed E-state index contributed by atoms with van der Waals surface area (Å²) >= 11 is 0. The highest BCUT2D eigenvalue weighted by Gasteiger charge is 2.33. The molecule has 13 heavy (non-hydrogen) atoms. The molecule has 0 N–H and O–H groups in total. The molecule has 1 heterocycles. The van der Waals surface area contributed by atoms with Crippen LogP contribution < -0.4 is 0 Å². The summed E-state index contributed by atoms with van der Waals surface area (Å²) in [5.41, 5.74) is 0. The third kappa shape index (κ3) is 2.02. The Labute approximate surface area is 73.4 Å².